The van der Waals surface area contributed by atoms with E-state index < -0.39 is 6.10 Å². The normalized spacial score (nSPS) is 13.6. The lowest BCUT2D eigenvalue weighted by molar-refractivity contribution is 0.0773. The number of aliphatic hydroxyl groups is 1. The molecule has 190 valence electrons. The van der Waals surface area contributed by atoms with Crippen molar-refractivity contribution in [1.82, 2.24) is 4.90 Å². The zero-order valence-electron chi connectivity index (χ0n) is 21.3. The minimum atomic E-state index is -0.415. The third-order valence-electron chi connectivity index (χ3n) is 6.79. The zero-order chi connectivity index (χ0) is 26.5. The Morgan fingerprint density at radius 1 is 0.811 bits per heavy atom. The van der Waals surface area contributed by atoms with E-state index in [1.54, 1.807) is 6.07 Å². The second-order valence-corrected chi connectivity index (χ2v) is 9.96. The molecule has 0 fully saturated rings. The van der Waals surface area contributed by atoms with E-state index in [1.807, 2.05) is 92.4 Å². The highest BCUT2D eigenvalue weighted by Gasteiger charge is 2.22. The number of carbonyl (C=O) groups excluding carboxylic acids is 1. The Kier molecular flexibility index (Phi) is 8.71. The molecule has 37 heavy (non-hydrogen) atoms. The Morgan fingerprint density at radius 2 is 1.41 bits per heavy atom. The van der Waals surface area contributed by atoms with Gasteiger partial charge < -0.3 is 10.0 Å². The van der Waals surface area contributed by atoms with Crippen LogP contribution < -0.4 is 0 Å². The van der Waals surface area contributed by atoms with E-state index in [-0.39, 0.29) is 5.91 Å². The van der Waals surface area contributed by atoms with E-state index in [1.165, 1.54) is 11.1 Å². The average molecular weight is 533 g/mol. The maximum absolute atomic E-state index is 12.7. The van der Waals surface area contributed by atoms with Crippen LogP contribution >= 0.6 is 23.2 Å². The summed E-state index contributed by atoms with van der Waals surface area (Å²) in [5.74, 6) is 0.0509. The van der Waals surface area contributed by atoms with Crippen molar-refractivity contribution in [2.45, 2.75) is 33.3 Å². The first kappa shape index (κ1) is 26.9. The highest BCUT2D eigenvalue weighted by atomic mass is 35.5. The molecule has 1 amide bonds. The molecule has 0 aliphatic heterocycles. The van der Waals surface area contributed by atoms with Crippen LogP contribution in [0.15, 0.2) is 84.9 Å². The highest BCUT2D eigenvalue weighted by Crippen LogP contribution is 2.39. The standard InChI is InChI=1S/C18H20ClNO.C14H11ClO/c1-4-20(5-2)18(21)16-11-10-14(19)12-17(16)15-9-7-6-8-13(15)3;15-10-5-6-12-13(8-10)11-4-2-1-3-9(11)7-14(12)16/h6-12H,4-5H2,1-3H3;1-6,8,14,16H,7H2. The van der Waals surface area contributed by atoms with Crippen LogP contribution in [0.1, 0.15) is 47.0 Å². The third kappa shape index (κ3) is 5.91. The minimum absolute atomic E-state index is 0.0509. The number of nitrogens with zero attached hydrogens (tertiary/aromatic N) is 1. The van der Waals surface area contributed by atoms with Gasteiger partial charge in [0.25, 0.3) is 5.91 Å². The largest absolute Gasteiger partial charge is 0.388 e. The number of halogens is 2. The summed E-state index contributed by atoms with van der Waals surface area (Å²) < 4.78 is 0. The van der Waals surface area contributed by atoms with Crippen molar-refractivity contribution >= 4 is 29.1 Å². The van der Waals surface area contributed by atoms with Crippen LogP contribution in [0.5, 0.6) is 0 Å². The number of hydrogen-bond acceptors (Lipinski definition) is 2. The maximum atomic E-state index is 12.7. The number of aliphatic hydroxyl groups excluding tert-OH is 1. The second-order valence-electron chi connectivity index (χ2n) is 9.09. The quantitative estimate of drug-likeness (QED) is 0.287. The molecule has 4 aromatic carbocycles. The fourth-order valence-corrected chi connectivity index (χ4v) is 5.16. The molecule has 0 saturated carbocycles. The van der Waals surface area contributed by atoms with Crippen LogP contribution in [0.25, 0.3) is 22.3 Å². The van der Waals surface area contributed by atoms with E-state index in [0.29, 0.717) is 35.1 Å². The molecule has 5 heteroatoms. The Bertz CT molecular complexity index is 1410. The topological polar surface area (TPSA) is 40.5 Å². The molecule has 0 radical (unpaired) electrons. The molecular formula is C32H31Cl2NO2. The van der Waals surface area contributed by atoms with E-state index in [0.717, 1.165) is 27.8 Å². The molecule has 0 heterocycles. The first-order valence-corrected chi connectivity index (χ1v) is 13.3. The Balaban J connectivity index is 0.000000179. The van der Waals surface area contributed by atoms with Crippen LogP contribution in [0, 0.1) is 6.92 Å². The Morgan fingerprint density at radius 3 is 2.08 bits per heavy atom. The number of benzene rings is 4. The number of carbonyl (C=O) groups is 1. The summed E-state index contributed by atoms with van der Waals surface area (Å²) in [4.78, 5) is 14.5. The van der Waals surface area contributed by atoms with E-state index >= 15 is 0 Å². The molecule has 5 rings (SSSR count). The Hall–Kier alpha value is -3.11. The molecule has 0 spiro atoms. The minimum Gasteiger partial charge on any atom is -0.388 e. The second kappa shape index (κ2) is 12.0. The van der Waals surface area contributed by atoms with Gasteiger partial charge in [-0.2, -0.15) is 0 Å². The number of aryl methyl sites for hydroxylation is 1. The van der Waals surface area contributed by atoms with E-state index in [4.69, 9.17) is 23.2 Å². The molecule has 1 aliphatic carbocycles. The molecule has 1 aliphatic rings. The molecule has 0 saturated heterocycles. The van der Waals surface area contributed by atoms with Gasteiger partial charge in [-0.1, -0.05) is 77.8 Å². The smallest absolute Gasteiger partial charge is 0.254 e. The van der Waals surface area contributed by atoms with Crippen molar-refractivity contribution in [3.8, 4) is 22.3 Å². The van der Waals surface area contributed by atoms with Crippen molar-refractivity contribution in [1.29, 1.82) is 0 Å². The molecule has 0 aromatic heterocycles. The molecule has 3 nitrogen and oxygen atoms in total. The molecule has 0 bridgehead atoms. The van der Waals surface area contributed by atoms with E-state index in [2.05, 4.69) is 12.1 Å². The number of rotatable bonds is 4. The number of fused-ring (bicyclic) bond motifs is 3. The number of amides is 1. The van der Waals surface area contributed by atoms with E-state index in [9.17, 15) is 9.90 Å². The lowest BCUT2D eigenvalue weighted by atomic mass is 9.84. The fourth-order valence-electron chi connectivity index (χ4n) is 4.81. The lowest BCUT2D eigenvalue weighted by Crippen LogP contribution is -2.30. The van der Waals surface area contributed by atoms with Crippen LogP contribution in [0.4, 0.5) is 0 Å². The summed E-state index contributed by atoms with van der Waals surface area (Å²) >= 11 is 12.2. The van der Waals surface area contributed by atoms with Gasteiger partial charge >= 0.3 is 0 Å². The predicted molar refractivity (Wildman–Crippen MR) is 154 cm³/mol. The summed E-state index contributed by atoms with van der Waals surface area (Å²) in [6, 6.07) is 27.4. The fraction of sp³-hybridized carbons (Fsp3) is 0.219. The van der Waals surface area contributed by atoms with Crippen molar-refractivity contribution < 1.29 is 9.90 Å². The summed E-state index contributed by atoms with van der Waals surface area (Å²) in [6.07, 6.45) is 0.271. The highest BCUT2D eigenvalue weighted by molar-refractivity contribution is 6.31. The van der Waals surface area contributed by atoms with Crippen LogP contribution in [-0.4, -0.2) is 29.0 Å². The summed E-state index contributed by atoms with van der Waals surface area (Å²) in [5.41, 5.74) is 8.19. The number of hydrogen-bond donors (Lipinski definition) is 1. The molecule has 4 aromatic rings. The lowest BCUT2D eigenvalue weighted by Gasteiger charge is -2.24. The SMILES string of the molecule is CCN(CC)C(=O)c1ccc(Cl)cc1-c1ccccc1C.OC1Cc2ccccc2-c2cc(Cl)ccc21. The van der Waals surface area contributed by atoms with Crippen molar-refractivity contribution in [3.05, 3.63) is 117 Å². The summed E-state index contributed by atoms with van der Waals surface area (Å²) in [7, 11) is 0. The summed E-state index contributed by atoms with van der Waals surface area (Å²) in [5, 5.41) is 11.4. The van der Waals surface area contributed by atoms with Gasteiger partial charge in [-0.3, -0.25) is 4.79 Å². The van der Waals surface area contributed by atoms with Gasteiger partial charge in [0, 0.05) is 35.1 Å². The van der Waals surface area contributed by atoms with Crippen LogP contribution in [-0.2, 0) is 6.42 Å². The van der Waals surface area contributed by atoms with Gasteiger partial charge in [-0.25, -0.2) is 0 Å². The van der Waals surface area contributed by atoms with Gasteiger partial charge in [0.15, 0.2) is 0 Å². The monoisotopic (exact) mass is 531 g/mol. The summed E-state index contributed by atoms with van der Waals surface area (Å²) in [6.45, 7) is 7.42. The van der Waals surface area contributed by atoms with Gasteiger partial charge in [0.05, 0.1) is 6.10 Å². The molecule has 1 N–H and O–H groups in total. The Labute approximate surface area is 229 Å². The first-order valence-electron chi connectivity index (χ1n) is 12.5. The third-order valence-corrected chi connectivity index (χ3v) is 7.26. The zero-order valence-corrected chi connectivity index (χ0v) is 22.9. The van der Waals surface area contributed by atoms with Gasteiger partial charge in [-0.05, 0) is 90.0 Å². The van der Waals surface area contributed by atoms with Crippen LogP contribution in [0.2, 0.25) is 10.0 Å². The molecular weight excluding hydrogens is 501 g/mol. The average Bonchev–Trinajstić information content (AvgIpc) is 2.90. The molecule has 1 unspecified atom stereocenters. The van der Waals surface area contributed by atoms with Crippen molar-refractivity contribution in [3.63, 3.8) is 0 Å². The van der Waals surface area contributed by atoms with Crippen LogP contribution in [0.3, 0.4) is 0 Å². The van der Waals surface area contributed by atoms with Gasteiger partial charge in [0.1, 0.15) is 0 Å². The van der Waals surface area contributed by atoms with Gasteiger partial charge in [0.2, 0.25) is 0 Å². The predicted octanol–water partition coefficient (Wildman–Crippen LogP) is 8.39. The van der Waals surface area contributed by atoms with Crippen molar-refractivity contribution in [2.24, 2.45) is 0 Å². The molecule has 1 atom stereocenters. The van der Waals surface area contributed by atoms with Gasteiger partial charge in [-0.15, -0.1) is 0 Å². The maximum Gasteiger partial charge on any atom is 0.254 e. The van der Waals surface area contributed by atoms with Crippen molar-refractivity contribution in [2.75, 3.05) is 13.1 Å². The first-order chi connectivity index (χ1) is 17.8.